The fraction of sp³-hybridized carbons (Fsp3) is 0.167. The summed E-state index contributed by atoms with van der Waals surface area (Å²) in [6, 6.07) is 4.78. The van der Waals surface area contributed by atoms with Crippen LogP contribution >= 0.6 is 22.9 Å². The summed E-state index contributed by atoms with van der Waals surface area (Å²) in [5, 5.41) is 15.2. The normalized spacial score (nSPS) is 10.3. The van der Waals surface area contributed by atoms with Crippen molar-refractivity contribution in [2.24, 2.45) is 0 Å². The van der Waals surface area contributed by atoms with E-state index in [2.05, 4.69) is 10.3 Å². The van der Waals surface area contributed by atoms with Gasteiger partial charge in [0.25, 0.3) is 0 Å². The maximum Gasteiger partial charge on any atom is 0.337 e. The fourth-order valence-corrected chi connectivity index (χ4v) is 2.43. The Bertz CT molecular complexity index is 583. The summed E-state index contributed by atoms with van der Waals surface area (Å²) in [6.45, 7) is 2.54. The van der Waals surface area contributed by atoms with E-state index in [-0.39, 0.29) is 10.6 Å². The van der Waals surface area contributed by atoms with E-state index in [1.165, 1.54) is 6.07 Å². The van der Waals surface area contributed by atoms with Crippen molar-refractivity contribution < 1.29 is 9.90 Å². The van der Waals surface area contributed by atoms with E-state index < -0.39 is 5.97 Å². The Morgan fingerprint density at radius 1 is 1.56 bits per heavy atom. The number of anilines is 1. The highest BCUT2D eigenvalue weighted by atomic mass is 35.5. The van der Waals surface area contributed by atoms with Gasteiger partial charge in [-0.3, -0.25) is 0 Å². The molecule has 94 valence electrons. The first-order valence-corrected chi connectivity index (χ1v) is 6.50. The molecule has 0 saturated carbocycles. The number of halogens is 1. The van der Waals surface area contributed by atoms with Crippen LogP contribution in [0, 0.1) is 6.92 Å². The number of aromatic nitrogens is 1. The van der Waals surface area contributed by atoms with Crippen molar-refractivity contribution >= 4 is 34.6 Å². The van der Waals surface area contributed by atoms with Gasteiger partial charge in [-0.05, 0) is 25.1 Å². The van der Waals surface area contributed by atoms with Crippen LogP contribution in [0.4, 0.5) is 5.69 Å². The average molecular weight is 283 g/mol. The van der Waals surface area contributed by atoms with E-state index in [4.69, 9.17) is 16.7 Å². The molecule has 6 heteroatoms. The first kappa shape index (κ1) is 12.9. The van der Waals surface area contributed by atoms with Crippen LogP contribution < -0.4 is 5.32 Å². The molecule has 0 unspecified atom stereocenters. The lowest BCUT2D eigenvalue weighted by Gasteiger charge is -2.06. The van der Waals surface area contributed by atoms with Crippen LogP contribution in [0.2, 0.25) is 5.02 Å². The summed E-state index contributed by atoms with van der Waals surface area (Å²) >= 11 is 7.46. The average Bonchev–Trinajstić information content (AvgIpc) is 2.72. The molecule has 0 saturated heterocycles. The van der Waals surface area contributed by atoms with Gasteiger partial charge in [0.05, 0.1) is 17.1 Å². The molecule has 1 aromatic heterocycles. The fourth-order valence-electron chi connectivity index (χ4n) is 1.46. The second-order valence-electron chi connectivity index (χ2n) is 3.74. The van der Waals surface area contributed by atoms with Gasteiger partial charge in [0.1, 0.15) is 5.01 Å². The summed E-state index contributed by atoms with van der Waals surface area (Å²) in [4.78, 5) is 15.1. The van der Waals surface area contributed by atoms with Gasteiger partial charge in [0.15, 0.2) is 0 Å². The molecule has 0 bridgehead atoms. The lowest BCUT2D eigenvalue weighted by molar-refractivity contribution is 0.0697. The van der Waals surface area contributed by atoms with E-state index in [1.54, 1.807) is 23.5 Å². The number of hydrogen-bond donors (Lipinski definition) is 2. The van der Waals surface area contributed by atoms with E-state index in [0.29, 0.717) is 6.54 Å². The highest BCUT2D eigenvalue weighted by Gasteiger charge is 2.08. The van der Waals surface area contributed by atoms with Crippen LogP contribution in [0.5, 0.6) is 0 Å². The van der Waals surface area contributed by atoms with Gasteiger partial charge in [-0.2, -0.15) is 0 Å². The van der Waals surface area contributed by atoms with E-state index in [1.807, 2.05) is 12.3 Å². The smallest absolute Gasteiger partial charge is 0.337 e. The number of carboxylic acids is 1. The Balaban J connectivity index is 2.06. The summed E-state index contributed by atoms with van der Waals surface area (Å²) < 4.78 is 0. The Morgan fingerprint density at radius 2 is 2.33 bits per heavy atom. The third-order valence-corrected chi connectivity index (χ3v) is 3.59. The Labute approximate surface area is 113 Å². The number of carbonyl (C=O) groups is 1. The standard InChI is InChI=1S/C12H11ClN2O2S/c1-7-6-18-11(15-7)5-14-8-2-3-9(12(16)17)10(13)4-8/h2-4,6,14H,5H2,1H3,(H,16,17). The Morgan fingerprint density at radius 3 is 2.89 bits per heavy atom. The second-order valence-corrected chi connectivity index (χ2v) is 5.09. The third kappa shape index (κ3) is 3.00. The minimum Gasteiger partial charge on any atom is -0.478 e. The quantitative estimate of drug-likeness (QED) is 0.902. The molecular weight excluding hydrogens is 272 g/mol. The van der Waals surface area contributed by atoms with Gasteiger partial charge in [0.2, 0.25) is 0 Å². The second kappa shape index (κ2) is 5.37. The van der Waals surface area contributed by atoms with Gasteiger partial charge < -0.3 is 10.4 Å². The van der Waals surface area contributed by atoms with Crippen LogP contribution in [-0.4, -0.2) is 16.1 Å². The molecule has 0 aliphatic rings. The van der Waals surface area contributed by atoms with Crippen molar-refractivity contribution in [1.29, 1.82) is 0 Å². The molecule has 4 nitrogen and oxygen atoms in total. The van der Waals surface area contributed by atoms with Crippen LogP contribution in [0.15, 0.2) is 23.6 Å². The van der Waals surface area contributed by atoms with Crippen LogP contribution in [0.25, 0.3) is 0 Å². The number of benzene rings is 1. The minimum atomic E-state index is -1.03. The van der Waals surface area contributed by atoms with E-state index in [0.717, 1.165) is 16.4 Å². The number of aromatic carboxylic acids is 1. The number of rotatable bonds is 4. The molecule has 2 N–H and O–H groups in total. The molecular formula is C12H11ClN2O2S. The monoisotopic (exact) mass is 282 g/mol. The largest absolute Gasteiger partial charge is 0.478 e. The molecule has 18 heavy (non-hydrogen) atoms. The Hall–Kier alpha value is -1.59. The van der Waals surface area contributed by atoms with Gasteiger partial charge in [-0.25, -0.2) is 9.78 Å². The molecule has 1 aromatic carbocycles. The van der Waals surface area contributed by atoms with Gasteiger partial charge in [-0.15, -0.1) is 11.3 Å². The summed E-state index contributed by atoms with van der Waals surface area (Å²) in [7, 11) is 0. The predicted octanol–water partition coefficient (Wildman–Crippen LogP) is 3.42. The SMILES string of the molecule is Cc1csc(CNc2ccc(C(=O)O)c(Cl)c2)n1. The maximum atomic E-state index is 10.8. The van der Waals surface area contributed by atoms with Gasteiger partial charge in [-0.1, -0.05) is 11.6 Å². The zero-order valence-electron chi connectivity index (χ0n) is 9.61. The van der Waals surface area contributed by atoms with Gasteiger partial charge in [0, 0.05) is 16.8 Å². The molecule has 0 amide bonds. The van der Waals surface area contributed by atoms with Gasteiger partial charge >= 0.3 is 5.97 Å². The minimum absolute atomic E-state index is 0.104. The van der Waals surface area contributed by atoms with Crippen molar-refractivity contribution in [3.63, 3.8) is 0 Å². The topological polar surface area (TPSA) is 62.2 Å². The molecule has 0 aliphatic carbocycles. The molecule has 2 rings (SSSR count). The summed E-state index contributed by atoms with van der Waals surface area (Å²) in [5.41, 5.74) is 1.88. The highest BCUT2D eigenvalue weighted by molar-refractivity contribution is 7.09. The molecule has 1 heterocycles. The summed E-state index contributed by atoms with van der Waals surface area (Å²) in [5.74, 6) is -1.03. The zero-order chi connectivity index (χ0) is 13.1. The van der Waals surface area contributed by atoms with Crippen molar-refractivity contribution in [2.75, 3.05) is 5.32 Å². The number of aryl methyl sites for hydroxylation is 1. The maximum absolute atomic E-state index is 10.8. The van der Waals surface area contributed by atoms with Crippen LogP contribution in [0.3, 0.4) is 0 Å². The molecule has 0 spiro atoms. The van der Waals surface area contributed by atoms with E-state index >= 15 is 0 Å². The van der Waals surface area contributed by atoms with E-state index in [9.17, 15) is 4.79 Å². The zero-order valence-corrected chi connectivity index (χ0v) is 11.2. The van der Waals surface area contributed by atoms with Crippen LogP contribution in [0.1, 0.15) is 21.1 Å². The number of carboxylic acid groups (broad SMARTS) is 1. The lowest BCUT2D eigenvalue weighted by Crippen LogP contribution is -2.01. The number of nitrogens with zero attached hydrogens (tertiary/aromatic N) is 1. The first-order valence-electron chi connectivity index (χ1n) is 5.24. The number of hydrogen-bond acceptors (Lipinski definition) is 4. The van der Waals surface area contributed by atoms with Crippen molar-refractivity contribution in [3.8, 4) is 0 Å². The van der Waals surface area contributed by atoms with Crippen molar-refractivity contribution in [2.45, 2.75) is 13.5 Å². The predicted molar refractivity (Wildman–Crippen MR) is 72.6 cm³/mol. The molecule has 0 aliphatic heterocycles. The van der Waals surface area contributed by atoms with Crippen molar-refractivity contribution in [1.82, 2.24) is 4.98 Å². The number of thiazole rings is 1. The molecule has 0 atom stereocenters. The number of nitrogens with one attached hydrogen (secondary N) is 1. The lowest BCUT2D eigenvalue weighted by atomic mass is 10.2. The molecule has 0 fully saturated rings. The molecule has 2 aromatic rings. The highest BCUT2D eigenvalue weighted by Crippen LogP contribution is 2.21. The molecule has 0 radical (unpaired) electrons. The first-order chi connectivity index (χ1) is 8.56. The summed E-state index contributed by atoms with van der Waals surface area (Å²) in [6.07, 6.45) is 0. The van der Waals surface area contributed by atoms with Crippen LogP contribution in [-0.2, 0) is 6.54 Å². The Kier molecular flexibility index (Phi) is 3.84. The third-order valence-electron chi connectivity index (χ3n) is 2.31. The van der Waals surface area contributed by atoms with Crippen molar-refractivity contribution in [3.05, 3.63) is 44.9 Å².